The van der Waals surface area contributed by atoms with Crippen molar-refractivity contribution < 1.29 is 186 Å². The van der Waals surface area contributed by atoms with Crippen LogP contribution >= 0.6 is 0 Å². The van der Waals surface area contributed by atoms with Crippen LogP contribution in [0.3, 0.4) is 0 Å². The van der Waals surface area contributed by atoms with Gasteiger partial charge in [0.1, 0.15) is 0 Å². The molecule has 14 heavy (non-hydrogen) atoms. The molecule has 0 fully saturated rings. The summed E-state index contributed by atoms with van der Waals surface area (Å²) in [5.74, 6) is 0. The van der Waals surface area contributed by atoms with Crippen LogP contribution in [0.25, 0.3) is 0 Å². The van der Waals surface area contributed by atoms with Gasteiger partial charge in [-0.1, -0.05) is 0 Å². The van der Waals surface area contributed by atoms with Gasteiger partial charge < -0.3 is 49.3 Å². The predicted molar refractivity (Wildman–Crippen MR) is 6.18 cm³/mol. The molecule has 14 heteroatoms. The molecule has 0 N–H and O–H groups in total. The largest absolute Gasteiger partial charge is 4.00 e. The fourth-order valence-electron chi connectivity index (χ4n) is 0. The molecule has 0 bridgehead atoms. The summed E-state index contributed by atoms with van der Waals surface area (Å²) in [7, 11) is 0. The van der Waals surface area contributed by atoms with Gasteiger partial charge in [0, 0.05) is 0 Å². The summed E-state index contributed by atoms with van der Waals surface area (Å²) in [4.78, 5) is 0. The molecule has 0 heterocycles. The molecule has 72 valence electrons. The van der Waals surface area contributed by atoms with Crippen molar-refractivity contribution in [2.45, 2.75) is 0 Å². The van der Waals surface area contributed by atoms with Crippen LogP contribution in [0.1, 0.15) is 0 Å². The van der Waals surface area contributed by atoms with Gasteiger partial charge >= 0.3 is 136 Å². The second kappa shape index (κ2) is 258. The Morgan fingerprint density at radius 2 is 0.214 bits per heavy atom. The van der Waals surface area contributed by atoms with Crippen LogP contribution < -0.4 is 0 Å². The molecule has 0 spiro atoms. The van der Waals surface area contributed by atoms with E-state index < -0.39 is 0 Å². The maximum Gasteiger partial charge on any atom is 4.00 e. The van der Waals surface area contributed by atoms with Gasteiger partial charge in [-0.2, -0.15) is 0 Å². The second-order valence-electron chi connectivity index (χ2n) is 0. The van der Waals surface area contributed by atoms with E-state index in [1.165, 1.54) is 0 Å². The molecular weight excluding hydrogens is 565 g/mol. The Balaban J connectivity index is 0. The summed E-state index contributed by atoms with van der Waals surface area (Å²) in [6.45, 7) is 0. The first kappa shape index (κ1) is 308. The Kier molecular flexibility index (Phi) is 5670. The fraction of sp³-hybridized carbons (Fsp3) is 0. The summed E-state index contributed by atoms with van der Waals surface area (Å²) < 4.78 is 0. The molecule has 0 amide bonds. The third-order valence-electron chi connectivity index (χ3n) is 0. The van der Waals surface area contributed by atoms with Gasteiger partial charge in [0.15, 0.2) is 0 Å². The standard InChI is InChI=1S/2La.9O.3Ti/q2*+3;9*-2;3*+4. The normalized spacial score (nSPS) is 0. The molecule has 0 aliphatic heterocycles. The average Bonchev–Trinajstić information content (AvgIpc) is 0. The molecule has 9 nitrogen and oxygen atoms in total. The number of hydrogen-bond acceptors (Lipinski definition) is 0. The zero-order valence-corrected chi connectivity index (χ0v) is 18.3. The van der Waals surface area contributed by atoms with Crippen molar-refractivity contribution in [3.63, 3.8) is 0 Å². The summed E-state index contributed by atoms with van der Waals surface area (Å²) in [6.07, 6.45) is 0. The van der Waals surface area contributed by atoms with E-state index in [2.05, 4.69) is 0 Å². The fourth-order valence-corrected chi connectivity index (χ4v) is 0. The van der Waals surface area contributed by atoms with Crippen LogP contribution in [0.4, 0.5) is 0 Å². The third-order valence-corrected chi connectivity index (χ3v) is 0. The Morgan fingerprint density at radius 3 is 0.214 bits per heavy atom. The molecular formula is La2O9Ti3. The Morgan fingerprint density at radius 1 is 0.214 bits per heavy atom. The maximum atomic E-state index is 0. The van der Waals surface area contributed by atoms with E-state index in [9.17, 15) is 0 Å². The molecule has 0 radical (unpaired) electrons. The predicted octanol–water partition coefficient (Wildman–Crippen LogP) is -1.08. The first-order valence-corrected chi connectivity index (χ1v) is 0. The molecule has 0 saturated heterocycles. The van der Waals surface area contributed by atoms with Crippen LogP contribution in [0.2, 0.25) is 0 Å². The first-order chi connectivity index (χ1) is 0. The van der Waals surface area contributed by atoms with Crippen molar-refractivity contribution in [2.75, 3.05) is 0 Å². The molecule has 0 unspecified atom stereocenters. The van der Waals surface area contributed by atoms with Crippen molar-refractivity contribution >= 4 is 0 Å². The monoisotopic (exact) mass is 566 g/mol. The van der Waals surface area contributed by atoms with Gasteiger partial charge in [-0.25, -0.2) is 0 Å². The smallest absolute Gasteiger partial charge is 2.00 e. The van der Waals surface area contributed by atoms with Gasteiger partial charge in [-0.3, -0.25) is 0 Å². The van der Waals surface area contributed by atoms with Crippen LogP contribution in [-0.4, -0.2) is 0 Å². The number of hydrogen-bond donors (Lipinski definition) is 0. The quantitative estimate of drug-likeness (QED) is 0.318. The van der Waals surface area contributed by atoms with Crippen LogP contribution in [-0.2, 0) is 114 Å². The zero-order chi connectivity index (χ0) is 0. The van der Waals surface area contributed by atoms with Gasteiger partial charge in [0.25, 0.3) is 0 Å². The van der Waals surface area contributed by atoms with Gasteiger partial charge in [-0.05, 0) is 0 Å². The summed E-state index contributed by atoms with van der Waals surface area (Å²) in [6, 6.07) is 0. The SMILES string of the molecule is [La+3].[La+3].[O-2].[O-2].[O-2].[O-2].[O-2].[O-2].[O-2].[O-2].[O-2].[Ti+4].[Ti+4].[Ti+4]. The van der Waals surface area contributed by atoms with E-state index in [-0.39, 0.29) is 186 Å². The maximum absolute atomic E-state index is 0. The summed E-state index contributed by atoms with van der Waals surface area (Å²) in [5.41, 5.74) is 0. The van der Waals surface area contributed by atoms with Crippen molar-refractivity contribution in [1.29, 1.82) is 0 Å². The van der Waals surface area contributed by atoms with E-state index in [1.807, 2.05) is 0 Å². The van der Waals surface area contributed by atoms with Crippen molar-refractivity contribution in [3.8, 4) is 0 Å². The van der Waals surface area contributed by atoms with Crippen molar-refractivity contribution in [3.05, 3.63) is 0 Å². The molecule has 0 atom stereocenters. The Hall–Kier alpha value is 4.17. The summed E-state index contributed by atoms with van der Waals surface area (Å²) >= 11 is 0. The van der Waals surface area contributed by atoms with Gasteiger partial charge in [-0.15, -0.1) is 0 Å². The topological polar surface area (TPSA) is 256 Å². The summed E-state index contributed by atoms with van der Waals surface area (Å²) in [5, 5.41) is 0. The second-order valence-corrected chi connectivity index (χ2v) is 0. The van der Waals surface area contributed by atoms with E-state index >= 15 is 0 Å². The van der Waals surface area contributed by atoms with E-state index in [0.717, 1.165) is 0 Å². The molecule has 0 saturated carbocycles. The minimum absolute atomic E-state index is 0. The van der Waals surface area contributed by atoms with Crippen LogP contribution in [0, 0.1) is 71.2 Å². The van der Waals surface area contributed by atoms with E-state index in [1.54, 1.807) is 0 Å². The van der Waals surface area contributed by atoms with Crippen LogP contribution in [0.15, 0.2) is 0 Å². The zero-order valence-electron chi connectivity index (χ0n) is 6.33. The van der Waals surface area contributed by atoms with Gasteiger partial charge in [0.05, 0.1) is 0 Å². The minimum atomic E-state index is 0. The molecule has 0 aromatic carbocycles. The van der Waals surface area contributed by atoms with E-state index in [4.69, 9.17) is 0 Å². The molecule has 0 rings (SSSR count). The van der Waals surface area contributed by atoms with Crippen molar-refractivity contribution in [1.82, 2.24) is 0 Å². The molecule has 0 aliphatic rings. The molecule has 0 aromatic rings. The van der Waals surface area contributed by atoms with Gasteiger partial charge in [0.2, 0.25) is 0 Å². The molecule has 0 aromatic heterocycles. The Labute approximate surface area is 182 Å². The third kappa shape index (κ3) is 214. The van der Waals surface area contributed by atoms with E-state index in [0.29, 0.717) is 0 Å². The first-order valence-electron chi connectivity index (χ1n) is 0. The number of rotatable bonds is 0. The minimum Gasteiger partial charge on any atom is -2.00 e. The van der Waals surface area contributed by atoms with Crippen LogP contribution in [0.5, 0.6) is 0 Å². The van der Waals surface area contributed by atoms with Crippen molar-refractivity contribution in [2.24, 2.45) is 0 Å². The average molecular weight is 565 g/mol. The molecule has 0 aliphatic carbocycles. The Bertz CT molecular complexity index is 18.0.